The van der Waals surface area contributed by atoms with Crippen LogP contribution in [0.5, 0.6) is 17.2 Å². The normalized spacial score (nSPS) is 13.4. The minimum absolute atomic E-state index is 0. The summed E-state index contributed by atoms with van der Waals surface area (Å²) in [7, 11) is 0. The number of nitrogens with one attached hydrogen (secondary N) is 1. The Labute approximate surface area is 127 Å². The molecule has 5 heteroatoms. The molecule has 0 unspecified atom stereocenters. The Morgan fingerprint density at radius 1 is 0.900 bits per heavy atom. The van der Waals surface area contributed by atoms with Crippen LogP contribution in [0.3, 0.4) is 0 Å². The number of fused-ring (bicyclic) bond motifs is 1. The average Bonchev–Trinajstić information content (AvgIpc) is 2.44. The lowest BCUT2D eigenvalue weighted by Gasteiger charge is -2.18. The van der Waals surface area contributed by atoms with Gasteiger partial charge in [0.25, 0.3) is 0 Å². The largest absolute Gasteiger partial charge is 0.504 e. The zero-order valence-electron chi connectivity index (χ0n) is 10.8. The van der Waals surface area contributed by atoms with E-state index in [9.17, 15) is 15.3 Å². The minimum atomic E-state index is -0.478. The lowest BCUT2D eigenvalue weighted by molar-refractivity contribution is 0.369. The van der Waals surface area contributed by atoms with E-state index in [-0.39, 0.29) is 28.5 Å². The molecule has 0 amide bonds. The first-order valence-corrected chi connectivity index (χ1v) is 6.23. The molecule has 0 aromatic heterocycles. The maximum absolute atomic E-state index is 9.91. The highest BCUT2D eigenvalue weighted by Gasteiger charge is 2.15. The first kappa shape index (κ1) is 14.7. The summed E-state index contributed by atoms with van der Waals surface area (Å²) in [6.45, 7) is 1.80. The third kappa shape index (κ3) is 2.46. The molecule has 0 saturated carbocycles. The van der Waals surface area contributed by atoms with Gasteiger partial charge in [0, 0.05) is 12.1 Å². The zero-order valence-corrected chi connectivity index (χ0v) is 12.5. The van der Waals surface area contributed by atoms with E-state index >= 15 is 0 Å². The first-order chi connectivity index (χ1) is 9.16. The van der Waals surface area contributed by atoms with Crippen LogP contribution in [0.4, 0.5) is 0 Å². The van der Waals surface area contributed by atoms with E-state index in [2.05, 4.69) is 11.4 Å². The van der Waals surface area contributed by atoms with E-state index < -0.39 is 5.75 Å². The fourth-order valence-electron chi connectivity index (χ4n) is 2.45. The standard InChI is InChI=1S/C15H15NO3.BrH/c17-13-4-3-12(14(18)15(13)19)10-2-1-9-5-6-16-8-11(9)7-10;/h1-4,7,16-19H,5-6,8H2;1H. The maximum Gasteiger partial charge on any atom is 0.200 e. The Balaban J connectivity index is 0.00000147. The molecule has 1 heterocycles. The maximum atomic E-state index is 9.91. The molecule has 0 bridgehead atoms. The lowest BCUT2D eigenvalue weighted by Crippen LogP contribution is -2.23. The number of hydrogen-bond acceptors (Lipinski definition) is 4. The van der Waals surface area contributed by atoms with Gasteiger partial charge >= 0.3 is 0 Å². The van der Waals surface area contributed by atoms with Crippen LogP contribution >= 0.6 is 17.0 Å². The molecule has 0 aliphatic carbocycles. The molecule has 0 spiro atoms. The van der Waals surface area contributed by atoms with E-state index in [4.69, 9.17) is 0 Å². The molecule has 0 radical (unpaired) electrons. The number of phenols is 3. The molecule has 20 heavy (non-hydrogen) atoms. The molecule has 4 nitrogen and oxygen atoms in total. The lowest BCUT2D eigenvalue weighted by atomic mass is 9.95. The summed E-state index contributed by atoms with van der Waals surface area (Å²) in [6.07, 6.45) is 1.00. The highest BCUT2D eigenvalue weighted by atomic mass is 79.9. The van der Waals surface area contributed by atoms with E-state index in [1.165, 1.54) is 17.2 Å². The summed E-state index contributed by atoms with van der Waals surface area (Å²) in [6, 6.07) is 8.96. The van der Waals surface area contributed by atoms with Crippen molar-refractivity contribution in [1.29, 1.82) is 0 Å². The van der Waals surface area contributed by atoms with Gasteiger partial charge in [-0.1, -0.05) is 12.1 Å². The summed E-state index contributed by atoms with van der Waals surface area (Å²) in [5, 5.41) is 32.1. The predicted octanol–water partition coefficient (Wildman–Crippen LogP) is 2.69. The van der Waals surface area contributed by atoms with E-state index in [0.717, 1.165) is 25.1 Å². The van der Waals surface area contributed by atoms with Crippen molar-refractivity contribution in [1.82, 2.24) is 5.32 Å². The van der Waals surface area contributed by atoms with Crippen LogP contribution < -0.4 is 5.32 Å². The highest BCUT2D eigenvalue weighted by Crippen LogP contribution is 2.42. The van der Waals surface area contributed by atoms with Crippen LogP contribution in [0.25, 0.3) is 11.1 Å². The summed E-state index contributed by atoms with van der Waals surface area (Å²) in [5.41, 5.74) is 3.86. The number of benzene rings is 2. The van der Waals surface area contributed by atoms with Gasteiger partial charge in [-0.25, -0.2) is 0 Å². The van der Waals surface area contributed by atoms with Crippen molar-refractivity contribution in [3.8, 4) is 28.4 Å². The summed E-state index contributed by atoms with van der Waals surface area (Å²) in [5.74, 6) is -1.09. The summed E-state index contributed by atoms with van der Waals surface area (Å²) >= 11 is 0. The molecule has 106 valence electrons. The van der Waals surface area contributed by atoms with Crippen molar-refractivity contribution in [3.63, 3.8) is 0 Å². The van der Waals surface area contributed by atoms with Crippen molar-refractivity contribution < 1.29 is 15.3 Å². The smallest absolute Gasteiger partial charge is 0.200 e. The van der Waals surface area contributed by atoms with E-state index in [1.807, 2.05) is 12.1 Å². The van der Waals surface area contributed by atoms with Crippen LogP contribution in [-0.4, -0.2) is 21.9 Å². The van der Waals surface area contributed by atoms with Crippen LogP contribution in [0.2, 0.25) is 0 Å². The van der Waals surface area contributed by atoms with Crippen LogP contribution in [0, 0.1) is 0 Å². The molecule has 1 aliphatic heterocycles. The van der Waals surface area contributed by atoms with Gasteiger partial charge in [0.2, 0.25) is 5.75 Å². The molecule has 4 N–H and O–H groups in total. The van der Waals surface area contributed by atoms with Gasteiger partial charge in [-0.3, -0.25) is 0 Å². The van der Waals surface area contributed by atoms with Crippen molar-refractivity contribution in [2.75, 3.05) is 6.54 Å². The molecule has 2 aromatic rings. The van der Waals surface area contributed by atoms with Crippen LogP contribution in [0.1, 0.15) is 11.1 Å². The first-order valence-electron chi connectivity index (χ1n) is 6.23. The van der Waals surface area contributed by atoms with Crippen LogP contribution in [0.15, 0.2) is 30.3 Å². The van der Waals surface area contributed by atoms with Crippen molar-refractivity contribution in [2.45, 2.75) is 13.0 Å². The number of aromatic hydroxyl groups is 3. The third-order valence-corrected chi connectivity index (χ3v) is 3.53. The van der Waals surface area contributed by atoms with E-state index in [1.54, 1.807) is 6.07 Å². The second-order valence-corrected chi connectivity index (χ2v) is 4.74. The zero-order chi connectivity index (χ0) is 13.4. The van der Waals surface area contributed by atoms with Gasteiger partial charge < -0.3 is 20.6 Å². The highest BCUT2D eigenvalue weighted by molar-refractivity contribution is 8.93. The Bertz CT molecular complexity index is 643. The second kappa shape index (κ2) is 5.73. The van der Waals surface area contributed by atoms with Gasteiger partial charge in [-0.15, -0.1) is 17.0 Å². The minimum Gasteiger partial charge on any atom is -0.504 e. The fraction of sp³-hybridized carbons (Fsp3) is 0.200. The molecular formula is C15H16BrNO3. The second-order valence-electron chi connectivity index (χ2n) is 4.74. The predicted molar refractivity (Wildman–Crippen MR) is 82.6 cm³/mol. The molecule has 0 atom stereocenters. The molecule has 0 fully saturated rings. The SMILES string of the molecule is Br.Oc1ccc(-c2ccc3c(c2)CNCC3)c(O)c1O. The quantitative estimate of drug-likeness (QED) is 0.604. The summed E-state index contributed by atoms with van der Waals surface area (Å²) < 4.78 is 0. The Morgan fingerprint density at radius 3 is 2.50 bits per heavy atom. The average molecular weight is 338 g/mol. The van der Waals surface area contributed by atoms with Gasteiger partial charge in [-0.05, 0) is 47.9 Å². The van der Waals surface area contributed by atoms with Gasteiger partial charge in [0.1, 0.15) is 0 Å². The van der Waals surface area contributed by atoms with Crippen LogP contribution in [-0.2, 0) is 13.0 Å². The Morgan fingerprint density at radius 2 is 1.70 bits per heavy atom. The van der Waals surface area contributed by atoms with Gasteiger partial charge in [0.05, 0.1) is 0 Å². The van der Waals surface area contributed by atoms with E-state index in [0.29, 0.717) is 5.56 Å². The number of halogens is 1. The number of hydrogen-bond donors (Lipinski definition) is 4. The van der Waals surface area contributed by atoms with Crippen molar-refractivity contribution in [2.24, 2.45) is 0 Å². The van der Waals surface area contributed by atoms with Gasteiger partial charge in [0.15, 0.2) is 11.5 Å². The summed E-state index contributed by atoms with van der Waals surface area (Å²) in [4.78, 5) is 0. The van der Waals surface area contributed by atoms with Crippen molar-refractivity contribution in [3.05, 3.63) is 41.5 Å². The number of rotatable bonds is 1. The fourth-order valence-corrected chi connectivity index (χ4v) is 2.45. The molecular weight excluding hydrogens is 322 g/mol. The topological polar surface area (TPSA) is 72.7 Å². The Hall–Kier alpha value is -1.72. The molecule has 0 saturated heterocycles. The number of phenolic OH excluding ortho intramolecular Hbond substituents is 3. The van der Waals surface area contributed by atoms with Crippen molar-refractivity contribution >= 4 is 17.0 Å². The molecule has 3 rings (SSSR count). The molecule has 1 aliphatic rings. The third-order valence-electron chi connectivity index (χ3n) is 3.53. The monoisotopic (exact) mass is 337 g/mol. The molecule has 2 aromatic carbocycles. The Kier molecular flexibility index (Phi) is 4.20. The van der Waals surface area contributed by atoms with Gasteiger partial charge in [-0.2, -0.15) is 0 Å².